The zero-order valence-electron chi connectivity index (χ0n) is 11.9. The summed E-state index contributed by atoms with van der Waals surface area (Å²) in [4.78, 5) is 15.2. The Morgan fingerprint density at radius 1 is 1.18 bits per heavy atom. The van der Waals surface area contributed by atoms with Gasteiger partial charge in [0, 0.05) is 5.56 Å². The number of nitrogens with zero attached hydrogens (tertiary/aromatic N) is 1. The van der Waals surface area contributed by atoms with E-state index < -0.39 is 5.91 Å². The summed E-state index contributed by atoms with van der Waals surface area (Å²) in [5.41, 5.74) is 7.40. The Hall–Kier alpha value is -3.08. The topological polar surface area (TPSA) is 78.4 Å². The Balaban J connectivity index is 2.01. The number of amides is 1. The van der Waals surface area contributed by atoms with Crippen molar-refractivity contribution >= 4 is 5.91 Å². The van der Waals surface area contributed by atoms with Gasteiger partial charge in [0.2, 0.25) is 5.91 Å². The van der Waals surface area contributed by atoms with Crippen LogP contribution in [0.4, 0.5) is 0 Å². The first kappa shape index (κ1) is 13.9. The summed E-state index contributed by atoms with van der Waals surface area (Å²) in [6.07, 6.45) is 2.99. The number of rotatable bonds is 4. The molecule has 1 amide bonds. The number of carbonyl (C=O) groups is 1. The van der Waals surface area contributed by atoms with E-state index in [1.165, 1.54) is 6.39 Å². The predicted molar refractivity (Wildman–Crippen MR) is 81.7 cm³/mol. The highest BCUT2D eigenvalue weighted by Gasteiger charge is 2.12. The predicted octanol–water partition coefficient (Wildman–Crippen LogP) is 3.54. The molecule has 0 saturated heterocycles. The number of hydrogen-bond acceptors (Lipinski definition) is 4. The Bertz CT molecular complexity index is 811. The minimum absolute atomic E-state index is 0.401. The molecule has 0 bridgehead atoms. The van der Waals surface area contributed by atoms with Gasteiger partial charge in [-0.1, -0.05) is 18.2 Å². The second-order valence-corrected chi connectivity index (χ2v) is 4.81. The quantitative estimate of drug-likeness (QED) is 0.798. The first-order valence-corrected chi connectivity index (χ1v) is 6.71. The van der Waals surface area contributed by atoms with Crippen LogP contribution >= 0.6 is 0 Å². The second-order valence-electron chi connectivity index (χ2n) is 4.81. The molecular formula is C17H14N2O3. The fourth-order valence-corrected chi connectivity index (χ4v) is 2.09. The van der Waals surface area contributed by atoms with Crippen molar-refractivity contribution in [1.29, 1.82) is 0 Å². The van der Waals surface area contributed by atoms with Gasteiger partial charge in [0.05, 0.1) is 11.8 Å². The van der Waals surface area contributed by atoms with Crippen LogP contribution in [-0.2, 0) is 0 Å². The van der Waals surface area contributed by atoms with Crippen molar-refractivity contribution in [3.05, 3.63) is 66.2 Å². The van der Waals surface area contributed by atoms with Crippen LogP contribution in [0.5, 0.6) is 11.5 Å². The molecule has 22 heavy (non-hydrogen) atoms. The van der Waals surface area contributed by atoms with Gasteiger partial charge in [0.25, 0.3) is 0 Å². The van der Waals surface area contributed by atoms with Gasteiger partial charge in [-0.2, -0.15) is 0 Å². The van der Waals surface area contributed by atoms with Crippen molar-refractivity contribution in [2.45, 2.75) is 6.92 Å². The average Bonchev–Trinajstić information content (AvgIpc) is 3.04. The highest BCUT2D eigenvalue weighted by molar-refractivity contribution is 5.93. The van der Waals surface area contributed by atoms with E-state index in [2.05, 4.69) is 4.98 Å². The molecule has 3 aromatic rings. The minimum Gasteiger partial charge on any atom is -0.456 e. The molecule has 2 aromatic carbocycles. The van der Waals surface area contributed by atoms with Crippen LogP contribution in [-0.4, -0.2) is 10.9 Å². The lowest BCUT2D eigenvalue weighted by Crippen LogP contribution is -2.10. The first-order valence-electron chi connectivity index (χ1n) is 6.71. The molecular weight excluding hydrogens is 280 g/mol. The fourth-order valence-electron chi connectivity index (χ4n) is 2.09. The highest BCUT2D eigenvalue weighted by atomic mass is 16.5. The third kappa shape index (κ3) is 2.69. The van der Waals surface area contributed by atoms with Crippen molar-refractivity contribution in [1.82, 2.24) is 4.98 Å². The third-order valence-electron chi connectivity index (χ3n) is 3.28. The van der Waals surface area contributed by atoms with Crippen molar-refractivity contribution in [3.63, 3.8) is 0 Å². The van der Waals surface area contributed by atoms with Gasteiger partial charge in [0.1, 0.15) is 11.5 Å². The molecule has 0 fully saturated rings. The van der Waals surface area contributed by atoms with E-state index in [4.69, 9.17) is 14.9 Å². The van der Waals surface area contributed by atoms with Crippen LogP contribution in [0.15, 0.2) is 59.5 Å². The molecule has 110 valence electrons. The zero-order valence-corrected chi connectivity index (χ0v) is 11.9. The summed E-state index contributed by atoms with van der Waals surface area (Å²) >= 11 is 0. The number of ether oxygens (including phenoxy) is 1. The summed E-state index contributed by atoms with van der Waals surface area (Å²) < 4.78 is 11.3. The largest absolute Gasteiger partial charge is 0.456 e. The number of aromatic nitrogens is 1. The fraction of sp³-hybridized carbons (Fsp3) is 0.0588. The zero-order chi connectivity index (χ0) is 15.5. The molecule has 0 aliphatic rings. The lowest BCUT2D eigenvalue weighted by atomic mass is 10.1. The van der Waals surface area contributed by atoms with Gasteiger partial charge in [-0.25, -0.2) is 4.98 Å². The van der Waals surface area contributed by atoms with E-state index >= 15 is 0 Å². The van der Waals surface area contributed by atoms with Crippen LogP contribution in [0.25, 0.3) is 11.3 Å². The van der Waals surface area contributed by atoms with Gasteiger partial charge in [-0.3, -0.25) is 4.79 Å². The average molecular weight is 294 g/mol. The van der Waals surface area contributed by atoms with Crippen molar-refractivity contribution < 1.29 is 13.9 Å². The highest BCUT2D eigenvalue weighted by Crippen LogP contribution is 2.34. The normalized spacial score (nSPS) is 10.4. The smallest absolute Gasteiger partial charge is 0.248 e. The summed E-state index contributed by atoms with van der Waals surface area (Å²) in [5, 5.41) is 0. The molecule has 3 rings (SSSR count). The van der Waals surface area contributed by atoms with Gasteiger partial charge in [-0.05, 0) is 36.8 Å². The van der Waals surface area contributed by atoms with Crippen molar-refractivity contribution in [2.75, 3.05) is 0 Å². The lowest BCUT2D eigenvalue weighted by molar-refractivity contribution is 0.1000. The van der Waals surface area contributed by atoms with Gasteiger partial charge >= 0.3 is 0 Å². The van der Waals surface area contributed by atoms with Crippen LogP contribution in [0.1, 0.15) is 15.9 Å². The van der Waals surface area contributed by atoms with E-state index in [0.717, 1.165) is 11.1 Å². The molecule has 1 aromatic heterocycles. The molecule has 0 saturated carbocycles. The van der Waals surface area contributed by atoms with E-state index in [1.807, 2.05) is 31.2 Å². The van der Waals surface area contributed by atoms with Crippen molar-refractivity contribution in [2.24, 2.45) is 5.73 Å². The molecule has 0 atom stereocenters. The minimum atomic E-state index is -0.492. The van der Waals surface area contributed by atoms with Gasteiger partial charge < -0.3 is 14.9 Å². The van der Waals surface area contributed by atoms with E-state index in [9.17, 15) is 4.79 Å². The molecule has 5 heteroatoms. The maximum atomic E-state index is 11.3. The van der Waals surface area contributed by atoms with Crippen LogP contribution in [0.2, 0.25) is 0 Å². The molecule has 1 heterocycles. The van der Waals surface area contributed by atoms with Crippen LogP contribution in [0.3, 0.4) is 0 Å². The molecule has 0 radical (unpaired) electrons. The molecule has 0 unspecified atom stereocenters. The third-order valence-corrected chi connectivity index (χ3v) is 3.28. The number of hydrogen-bond donors (Lipinski definition) is 1. The molecule has 0 aliphatic carbocycles. The van der Waals surface area contributed by atoms with Crippen LogP contribution < -0.4 is 10.5 Å². The number of aryl methyl sites for hydroxylation is 1. The maximum absolute atomic E-state index is 11.3. The summed E-state index contributed by atoms with van der Waals surface area (Å²) in [7, 11) is 0. The molecule has 5 nitrogen and oxygen atoms in total. The summed E-state index contributed by atoms with van der Waals surface area (Å²) in [6.45, 7) is 1.90. The first-order chi connectivity index (χ1) is 10.6. The monoisotopic (exact) mass is 294 g/mol. The Kier molecular flexibility index (Phi) is 3.62. The Morgan fingerprint density at radius 3 is 2.73 bits per heavy atom. The number of benzene rings is 2. The van der Waals surface area contributed by atoms with Crippen molar-refractivity contribution in [3.8, 4) is 22.8 Å². The maximum Gasteiger partial charge on any atom is 0.248 e. The summed E-state index contributed by atoms with van der Waals surface area (Å²) in [5.74, 6) is 1.31. The number of oxazole rings is 1. The summed E-state index contributed by atoms with van der Waals surface area (Å²) in [6, 6.07) is 12.6. The van der Waals surface area contributed by atoms with Gasteiger partial charge in [0.15, 0.2) is 12.2 Å². The van der Waals surface area contributed by atoms with E-state index in [0.29, 0.717) is 22.8 Å². The van der Waals surface area contributed by atoms with E-state index in [1.54, 1.807) is 24.4 Å². The Morgan fingerprint density at radius 2 is 2.00 bits per heavy atom. The molecule has 2 N–H and O–H groups in total. The number of primary amides is 1. The SMILES string of the molecule is Cc1ccc(C(N)=O)cc1Oc1ccccc1-c1cnco1. The standard InChI is InChI=1S/C17H14N2O3/c1-11-6-7-12(17(18)20)8-15(11)22-14-5-3-2-4-13(14)16-9-19-10-21-16/h2-10H,1H3,(H2,18,20). The number of nitrogens with two attached hydrogens (primary N) is 1. The number of carbonyl (C=O) groups excluding carboxylic acids is 1. The molecule has 0 aliphatic heterocycles. The number of para-hydroxylation sites is 1. The molecule has 0 spiro atoms. The lowest BCUT2D eigenvalue weighted by Gasteiger charge is -2.12. The van der Waals surface area contributed by atoms with E-state index in [-0.39, 0.29) is 0 Å². The van der Waals surface area contributed by atoms with Crippen LogP contribution in [0, 0.1) is 6.92 Å². The van der Waals surface area contributed by atoms with Gasteiger partial charge in [-0.15, -0.1) is 0 Å². The Labute approximate surface area is 127 Å². The second kappa shape index (κ2) is 5.73.